The molecule has 0 radical (unpaired) electrons. The Balaban J connectivity index is 1.72. The molecule has 4 rings (SSSR count). The third kappa shape index (κ3) is 6.12. The van der Waals surface area contributed by atoms with Crippen molar-refractivity contribution in [3.63, 3.8) is 0 Å². The first-order valence-corrected chi connectivity index (χ1v) is 15.7. The smallest absolute Gasteiger partial charge is 0.240 e. The maximum absolute atomic E-state index is 13.5. The fourth-order valence-corrected chi connectivity index (χ4v) is 6.82. The molecule has 0 amide bonds. The second kappa shape index (κ2) is 12.6. The van der Waals surface area contributed by atoms with Gasteiger partial charge in [-0.2, -0.15) is 5.26 Å². The van der Waals surface area contributed by atoms with E-state index in [1.54, 1.807) is 18.2 Å². The molecule has 1 heterocycles. The molecular weight excluding hydrogens is 594 g/mol. The van der Waals surface area contributed by atoms with Gasteiger partial charge in [0.25, 0.3) is 0 Å². The van der Waals surface area contributed by atoms with Gasteiger partial charge in [0.05, 0.1) is 33.5 Å². The number of carbonyl (C=O) groups is 1. The maximum atomic E-state index is 13.5. The highest BCUT2D eigenvalue weighted by Gasteiger charge is 2.39. The summed E-state index contributed by atoms with van der Waals surface area (Å²) in [6, 6.07) is 12.6. The zero-order chi connectivity index (χ0) is 29.0. The molecule has 0 saturated heterocycles. The summed E-state index contributed by atoms with van der Waals surface area (Å²) >= 11 is 3.63. The van der Waals surface area contributed by atoms with Gasteiger partial charge in [0.2, 0.25) is 10.0 Å². The number of halogens is 1. The average molecular weight is 629 g/mol. The summed E-state index contributed by atoms with van der Waals surface area (Å²) in [5, 5.41) is 13.5. The van der Waals surface area contributed by atoms with Crippen LogP contribution in [0.4, 0.5) is 0 Å². The van der Waals surface area contributed by atoms with Gasteiger partial charge >= 0.3 is 0 Å². The van der Waals surface area contributed by atoms with Crippen LogP contribution in [0.2, 0.25) is 0 Å². The minimum absolute atomic E-state index is 0.0725. The number of nitriles is 1. The predicted molar refractivity (Wildman–Crippen MR) is 156 cm³/mol. The highest BCUT2D eigenvalue weighted by atomic mass is 79.9. The second-order valence-corrected chi connectivity index (χ2v) is 12.7. The van der Waals surface area contributed by atoms with Crippen LogP contribution < -0.4 is 19.5 Å². The quantitative estimate of drug-likeness (QED) is 0.339. The fourth-order valence-electron chi connectivity index (χ4n) is 5.45. The molecule has 0 fully saturated rings. The zero-order valence-electron chi connectivity index (χ0n) is 23.1. The number of benzene rings is 2. The number of nitrogens with one attached hydrogen (secondary N) is 2. The number of carbonyl (C=O) groups excluding carboxylic acids is 1. The Labute approximate surface area is 244 Å². The highest BCUT2D eigenvalue weighted by molar-refractivity contribution is 9.10. The number of hydrogen-bond donors (Lipinski definition) is 2. The van der Waals surface area contributed by atoms with Crippen molar-refractivity contribution in [2.24, 2.45) is 5.92 Å². The van der Waals surface area contributed by atoms with E-state index in [-0.39, 0.29) is 17.3 Å². The monoisotopic (exact) mass is 627 g/mol. The first-order valence-electron chi connectivity index (χ1n) is 13.4. The Bertz CT molecular complexity index is 1520. The summed E-state index contributed by atoms with van der Waals surface area (Å²) in [5.41, 5.74) is 4.25. The van der Waals surface area contributed by atoms with Gasteiger partial charge in [-0.15, -0.1) is 0 Å². The number of sulfonamides is 1. The Morgan fingerprint density at radius 1 is 1.18 bits per heavy atom. The molecular formula is C30H34BrN3O5S. The van der Waals surface area contributed by atoms with E-state index in [1.807, 2.05) is 26.0 Å². The molecule has 2 unspecified atom stereocenters. The Hall–Kier alpha value is -3.13. The van der Waals surface area contributed by atoms with E-state index in [4.69, 9.17) is 9.47 Å². The molecule has 40 heavy (non-hydrogen) atoms. The molecule has 2 aromatic carbocycles. The van der Waals surface area contributed by atoms with Crippen molar-refractivity contribution in [1.82, 2.24) is 10.0 Å². The number of Topliss-reactive ketones (excluding diaryl/α,β-unsaturated/α-hetero) is 1. The Morgan fingerprint density at radius 2 is 1.95 bits per heavy atom. The van der Waals surface area contributed by atoms with Crippen LogP contribution in [0.3, 0.4) is 0 Å². The third-order valence-corrected chi connectivity index (χ3v) is 9.26. The number of nitrogens with zero attached hydrogens (tertiary/aromatic N) is 1. The number of ether oxygens (including phenoxy) is 2. The number of dihydropyridines is 1. The third-order valence-electron chi connectivity index (χ3n) is 7.26. The van der Waals surface area contributed by atoms with Crippen molar-refractivity contribution < 1.29 is 22.7 Å². The molecule has 10 heteroatoms. The molecule has 0 bridgehead atoms. The van der Waals surface area contributed by atoms with Crippen molar-refractivity contribution in [2.45, 2.75) is 63.9 Å². The van der Waals surface area contributed by atoms with Crippen LogP contribution in [0, 0.1) is 17.2 Å². The van der Waals surface area contributed by atoms with Crippen LogP contribution in [0.1, 0.15) is 63.5 Å². The Morgan fingerprint density at radius 3 is 2.62 bits per heavy atom. The molecule has 212 valence electrons. The SMILES string of the molecule is CCCC1CC(=O)C2=C(C1)NC(C)=C(C#N)C2c1cc(Br)c(OCc2cccc(S(=O)(=O)NC)c2)c(OCC)c1. The fraction of sp³-hybridized carbons (Fsp3) is 0.400. The highest BCUT2D eigenvalue weighted by Crippen LogP contribution is 2.47. The van der Waals surface area contributed by atoms with Crippen LogP contribution >= 0.6 is 15.9 Å². The van der Waals surface area contributed by atoms with Crippen LogP contribution in [0.15, 0.2) is 68.3 Å². The molecule has 2 N–H and O–H groups in total. The predicted octanol–water partition coefficient (Wildman–Crippen LogP) is 5.85. The van der Waals surface area contributed by atoms with Gasteiger partial charge in [0, 0.05) is 23.4 Å². The standard InChI is InChI=1S/C30H34BrN3O5S/c1-5-8-19-12-25-29(26(35)13-19)28(23(16-32)18(3)34-25)21-14-24(31)30(27(15-21)38-6-2)39-17-20-9-7-10-22(11-20)40(36,37)33-4/h7,9-11,14-15,19,28,33-34H,5-6,8,12-13,17H2,1-4H3. The second-order valence-electron chi connectivity index (χ2n) is 9.99. The largest absolute Gasteiger partial charge is 0.490 e. The van der Waals surface area contributed by atoms with Crippen LogP contribution in [0.5, 0.6) is 11.5 Å². The molecule has 8 nitrogen and oxygen atoms in total. The van der Waals surface area contributed by atoms with Crippen LogP contribution in [-0.4, -0.2) is 27.9 Å². The van der Waals surface area contributed by atoms with Gasteiger partial charge in [0.15, 0.2) is 17.3 Å². The van der Waals surface area contributed by atoms with E-state index in [0.29, 0.717) is 51.6 Å². The lowest BCUT2D eigenvalue weighted by Crippen LogP contribution is -2.34. The molecule has 2 aromatic rings. The lowest BCUT2D eigenvalue weighted by molar-refractivity contribution is -0.117. The minimum atomic E-state index is -3.59. The van der Waals surface area contributed by atoms with Crippen LogP contribution in [-0.2, 0) is 21.4 Å². The van der Waals surface area contributed by atoms with E-state index in [0.717, 1.165) is 36.2 Å². The van der Waals surface area contributed by atoms with Crippen LogP contribution in [0.25, 0.3) is 0 Å². The molecule has 0 saturated carbocycles. The van der Waals surface area contributed by atoms with E-state index in [1.165, 1.54) is 13.1 Å². The summed E-state index contributed by atoms with van der Waals surface area (Å²) in [6.07, 6.45) is 3.26. The van der Waals surface area contributed by atoms with Gasteiger partial charge in [0.1, 0.15) is 6.61 Å². The zero-order valence-corrected chi connectivity index (χ0v) is 25.5. The number of ketones is 1. The normalized spacial score (nSPS) is 19.1. The van der Waals surface area contributed by atoms with Crippen molar-refractivity contribution in [3.8, 4) is 17.6 Å². The van der Waals surface area contributed by atoms with Crippen molar-refractivity contribution >= 4 is 31.7 Å². The van der Waals surface area contributed by atoms with E-state index in [2.05, 4.69) is 39.0 Å². The summed E-state index contributed by atoms with van der Waals surface area (Å²) in [4.78, 5) is 13.6. The minimum Gasteiger partial charge on any atom is -0.490 e. The van der Waals surface area contributed by atoms with Gasteiger partial charge in [-0.05, 0) is 91.0 Å². The van der Waals surface area contributed by atoms with E-state index >= 15 is 0 Å². The first-order chi connectivity index (χ1) is 19.1. The van der Waals surface area contributed by atoms with E-state index in [9.17, 15) is 18.5 Å². The molecule has 1 aliphatic heterocycles. The molecule has 1 aliphatic carbocycles. The summed E-state index contributed by atoms with van der Waals surface area (Å²) < 4.78 is 39.5. The molecule has 0 aromatic heterocycles. The van der Waals surface area contributed by atoms with E-state index < -0.39 is 15.9 Å². The van der Waals surface area contributed by atoms with Gasteiger partial charge in [-0.25, -0.2) is 13.1 Å². The Kier molecular flexibility index (Phi) is 9.39. The topological polar surface area (TPSA) is 118 Å². The van der Waals surface area contributed by atoms with Crippen molar-refractivity contribution in [3.05, 3.63) is 74.5 Å². The van der Waals surface area contributed by atoms with Gasteiger partial charge in [-0.1, -0.05) is 25.5 Å². The van der Waals surface area contributed by atoms with Gasteiger partial charge < -0.3 is 14.8 Å². The lowest BCUT2D eigenvalue weighted by Gasteiger charge is -2.35. The van der Waals surface area contributed by atoms with Gasteiger partial charge in [-0.3, -0.25) is 4.79 Å². The van der Waals surface area contributed by atoms with Crippen molar-refractivity contribution in [2.75, 3.05) is 13.7 Å². The first kappa shape index (κ1) is 29.8. The summed E-state index contributed by atoms with van der Waals surface area (Å²) in [7, 11) is -2.22. The maximum Gasteiger partial charge on any atom is 0.240 e. The average Bonchev–Trinajstić information content (AvgIpc) is 2.92. The molecule has 2 aliphatic rings. The molecule has 2 atom stereocenters. The molecule has 0 spiro atoms. The summed E-state index contributed by atoms with van der Waals surface area (Å²) in [5.74, 6) is 0.776. The summed E-state index contributed by atoms with van der Waals surface area (Å²) in [6.45, 7) is 6.35. The number of hydrogen-bond acceptors (Lipinski definition) is 7. The number of rotatable bonds is 10. The van der Waals surface area contributed by atoms with Crippen molar-refractivity contribution in [1.29, 1.82) is 5.26 Å². The lowest BCUT2D eigenvalue weighted by atomic mass is 9.72. The number of allylic oxidation sites excluding steroid dienone is 4.